The SMILES string of the molecule is COc1ccc2c(c1)c(C(=O)N1CCN(CCc3cccc(F)c3)CC1)c(C)n2CCCN1CCN(C)CC1. The van der Waals surface area contributed by atoms with Crippen LogP contribution < -0.4 is 4.74 Å². The van der Waals surface area contributed by atoms with Crippen LogP contribution in [0.4, 0.5) is 4.39 Å². The van der Waals surface area contributed by atoms with Gasteiger partial charge >= 0.3 is 0 Å². The average molecular weight is 536 g/mol. The lowest BCUT2D eigenvalue weighted by molar-refractivity contribution is 0.0639. The summed E-state index contributed by atoms with van der Waals surface area (Å²) in [5.41, 5.74) is 3.95. The number of piperazine rings is 2. The molecule has 0 unspecified atom stereocenters. The topological polar surface area (TPSA) is 44.2 Å². The zero-order chi connectivity index (χ0) is 27.4. The van der Waals surface area contributed by atoms with Gasteiger partial charge in [0.1, 0.15) is 11.6 Å². The van der Waals surface area contributed by atoms with Crippen molar-refractivity contribution in [3.8, 4) is 5.75 Å². The second-order valence-corrected chi connectivity index (χ2v) is 11.0. The fourth-order valence-electron chi connectivity index (χ4n) is 5.98. The fourth-order valence-corrected chi connectivity index (χ4v) is 5.98. The van der Waals surface area contributed by atoms with Crippen LogP contribution >= 0.6 is 0 Å². The summed E-state index contributed by atoms with van der Waals surface area (Å²) in [6.07, 6.45) is 1.87. The number of hydrogen-bond acceptors (Lipinski definition) is 5. The highest BCUT2D eigenvalue weighted by atomic mass is 19.1. The van der Waals surface area contributed by atoms with Gasteiger partial charge in [-0.15, -0.1) is 0 Å². The predicted molar refractivity (Wildman–Crippen MR) is 154 cm³/mol. The standard InChI is InChI=1S/C31H42FN5O2/c1-24-30(31(38)36-20-18-35(19-21-36)13-10-25-6-4-7-26(32)22-25)28-23-27(39-3)8-9-29(28)37(24)12-5-11-34-16-14-33(2)15-17-34/h4,6-9,22-23H,5,10-21H2,1-3H3. The molecule has 2 fully saturated rings. The molecule has 2 aromatic carbocycles. The number of fused-ring (bicyclic) bond motifs is 1. The number of halogens is 1. The number of ether oxygens (including phenoxy) is 1. The largest absolute Gasteiger partial charge is 0.497 e. The molecule has 1 amide bonds. The van der Waals surface area contributed by atoms with Gasteiger partial charge in [0.15, 0.2) is 0 Å². The van der Waals surface area contributed by atoms with E-state index in [2.05, 4.69) is 39.3 Å². The second-order valence-electron chi connectivity index (χ2n) is 11.0. The molecular weight excluding hydrogens is 493 g/mol. The van der Waals surface area contributed by atoms with Gasteiger partial charge in [0.05, 0.1) is 12.7 Å². The van der Waals surface area contributed by atoms with Gasteiger partial charge in [-0.25, -0.2) is 4.39 Å². The molecule has 2 aliphatic rings. The molecule has 2 aliphatic heterocycles. The summed E-state index contributed by atoms with van der Waals surface area (Å²) in [5, 5.41) is 0.977. The molecule has 0 radical (unpaired) electrons. The van der Waals surface area contributed by atoms with Crippen molar-refractivity contribution in [1.82, 2.24) is 24.2 Å². The highest BCUT2D eigenvalue weighted by molar-refractivity contribution is 6.08. The van der Waals surface area contributed by atoms with Crippen LogP contribution in [0.25, 0.3) is 10.9 Å². The molecule has 0 saturated carbocycles. The van der Waals surface area contributed by atoms with Crippen LogP contribution in [0.2, 0.25) is 0 Å². The molecule has 39 heavy (non-hydrogen) atoms. The van der Waals surface area contributed by atoms with Crippen molar-refractivity contribution in [2.24, 2.45) is 0 Å². The lowest BCUT2D eigenvalue weighted by Gasteiger charge is -2.35. The maximum Gasteiger partial charge on any atom is 0.256 e. The van der Waals surface area contributed by atoms with Crippen LogP contribution in [0.5, 0.6) is 5.75 Å². The first-order valence-corrected chi connectivity index (χ1v) is 14.3. The summed E-state index contributed by atoms with van der Waals surface area (Å²) in [7, 11) is 3.86. The number of benzene rings is 2. The van der Waals surface area contributed by atoms with E-state index in [1.54, 1.807) is 19.2 Å². The number of carbonyl (C=O) groups excluding carboxylic acids is 1. The number of likely N-dealkylation sites (N-methyl/N-ethyl adjacent to an activating group) is 1. The van der Waals surface area contributed by atoms with Gasteiger partial charge < -0.3 is 24.0 Å². The smallest absolute Gasteiger partial charge is 0.256 e. The number of rotatable bonds is 9. The maximum absolute atomic E-state index is 13.9. The van der Waals surface area contributed by atoms with Crippen LogP contribution in [-0.4, -0.2) is 110 Å². The summed E-state index contributed by atoms with van der Waals surface area (Å²) >= 11 is 0. The third-order valence-electron chi connectivity index (χ3n) is 8.46. The first-order valence-electron chi connectivity index (χ1n) is 14.3. The van der Waals surface area contributed by atoms with Crippen molar-refractivity contribution in [1.29, 1.82) is 0 Å². The Balaban J connectivity index is 1.25. The van der Waals surface area contributed by atoms with E-state index < -0.39 is 0 Å². The van der Waals surface area contributed by atoms with Crippen LogP contribution in [-0.2, 0) is 13.0 Å². The second kappa shape index (κ2) is 12.5. The van der Waals surface area contributed by atoms with Gasteiger partial charge in [-0.3, -0.25) is 9.69 Å². The van der Waals surface area contributed by atoms with Crippen molar-refractivity contribution in [2.45, 2.75) is 26.3 Å². The van der Waals surface area contributed by atoms with E-state index in [-0.39, 0.29) is 11.7 Å². The molecule has 2 saturated heterocycles. The van der Waals surface area contributed by atoms with Crippen molar-refractivity contribution in [3.63, 3.8) is 0 Å². The van der Waals surface area contributed by atoms with Crippen LogP contribution in [0.15, 0.2) is 42.5 Å². The van der Waals surface area contributed by atoms with E-state index in [1.165, 1.54) is 6.07 Å². The Morgan fingerprint density at radius 3 is 2.33 bits per heavy atom. The Hall–Kier alpha value is -2.94. The number of hydrogen-bond donors (Lipinski definition) is 0. The summed E-state index contributed by atoms with van der Waals surface area (Å²) in [4.78, 5) is 23.2. The summed E-state index contributed by atoms with van der Waals surface area (Å²) in [6, 6.07) is 12.9. The zero-order valence-corrected chi connectivity index (χ0v) is 23.7. The van der Waals surface area contributed by atoms with Crippen molar-refractivity contribution >= 4 is 16.8 Å². The van der Waals surface area contributed by atoms with Gasteiger partial charge in [0.25, 0.3) is 5.91 Å². The molecule has 0 bridgehead atoms. The molecule has 8 heteroatoms. The van der Waals surface area contributed by atoms with Gasteiger partial charge in [0.2, 0.25) is 0 Å². The summed E-state index contributed by atoms with van der Waals surface area (Å²) in [6.45, 7) is 12.5. The van der Waals surface area contributed by atoms with E-state index in [4.69, 9.17) is 4.74 Å². The van der Waals surface area contributed by atoms with Gasteiger partial charge in [-0.1, -0.05) is 12.1 Å². The van der Waals surface area contributed by atoms with Gasteiger partial charge in [0, 0.05) is 82.0 Å². The monoisotopic (exact) mass is 535 g/mol. The van der Waals surface area contributed by atoms with Crippen LogP contribution in [0, 0.1) is 12.7 Å². The summed E-state index contributed by atoms with van der Waals surface area (Å²) in [5.74, 6) is 0.690. The molecule has 1 aromatic heterocycles. The summed E-state index contributed by atoms with van der Waals surface area (Å²) < 4.78 is 21.4. The average Bonchev–Trinajstić information content (AvgIpc) is 3.23. The van der Waals surface area contributed by atoms with Crippen molar-refractivity contribution in [2.75, 3.05) is 79.6 Å². The number of aromatic nitrogens is 1. The Morgan fingerprint density at radius 1 is 0.897 bits per heavy atom. The first-order chi connectivity index (χ1) is 18.9. The Kier molecular flexibility index (Phi) is 8.85. The molecule has 0 aliphatic carbocycles. The lowest BCUT2D eigenvalue weighted by atomic mass is 10.1. The lowest BCUT2D eigenvalue weighted by Crippen LogP contribution is -2.49. The minimum atomic E-state index is -0.187. The third-order valence-corrected chi connectivity index (χ3v) is 8.46. The van der Waals surface area contributed by atoms with E-state index >= 15 is 0 Å². The van der Waals surface area contributed by atoms with Crippen LogP contribution in [0.1, 0.15) is 28.0 Å². The quantitative estimate of drug-likeness (QED) is 0.418. The zero-order valence-electron chi connectivity index (χ0n) is 23.7. The molecular formula is C31H42FN5O2. The number of aryl methyl sites for hydroxylation is 1. The Morgan fingerprint density at radius 2 is 1.62 bits per heavy atom. The van der Waals surface area contributed by atoms with E-state index in [1.807, 2.05) is 23.1 Å². The molecule has 0 N–H and O–H groups in total. The molecule has 3 heterocycles. The number of nitrogens with zero attached hydrogens (tertiary/aromatic N) is 5. The fraction of sp³-hybridized carbons (Fsp3) is 0.516. The Bertz CT molecular complexity index is 1280. The molecule has 5 rings (SSSR count). The van der Waals surface area contributed by atoms with Crippen molar-refractivity contribution < 1.29 is 13.9 Å². The number of amides is 1. The van der Waals surface area contributed by atoms with Gasteiger partial charge in [-0.2, -0.15) is 0 Å². The minimum Gasteiger partial charge on any atom is -0.497 e. The predicted octanol–water partition coefficient (Wildman–Crippen LogP) is 3.74. The molecule has 0 atom stereocenters. The molecule has 0 spiro atoms. The van der Waals surface area contributed by atoms with Crippen LogP contribution in [0.3, 0.4) is 0 Å². The Labute approximate surface area is 231 Å². The number of carbonyl (C=O) groups is 1. The van der Waals surface area contributed by atoms with E-state index in [0.717, 1.165) is 105 Å². The third kappa shape index (κ3) is 6.45. The van der Waals surface area contributed by atoms with Gasteiger partial charge in [-0.05, 0) is 69.3 Å². The molecule has 3 aromatic rings. The highest BCUT2D eigenvalue weighted by Crippen LogP contribution is 2.31. The minimum absolute atomic E-state index is 0.105. The van der Waals surface area contributed by atoms with E-state index in [9.17, 15) is 9.18 Å². The van der Waals surface area contributed by atoms with E-state index in [0.29, 0.717) is 13.1 Å². The molecule has 210 valence electrons. The number of methoxy groups -OCH3 is 1. The maximum atomic E-state index is 13.9. The van der Waals surface area contributed by atoms with Crippen molar-refractivity contribution in [3.05, 3.63) is 65.1 Å². The normalized spacial score (nSPS) is 17.7. The highest BCUT2D eigenvalue weighted by Gasteiger charge is 2.27. The molecule has 7 nitrogen and oxygen atoms in total. The first kappa shape index (κ1) is 27.6.